The zero-order chi connectivity index (χ0) is 13.3. The van der Waals surface area contributed by atoms with E-state index in [9.17, 15) is 13.2 Å². The standard InChI is InChI=1S/C13H17F3N2/c1-8(2)18-4-3-10(7-18)17-12-6-9(14)5-11(15)13(12)16/h5-6,8,10,17H,3-4,7H2,1-2H3. The molecule has 1 saturated heterocycles. The van der Waals surface area contributed by atoms with Crippen molar-refractivity contribution in [2.24, 2.45) is 0 Å². The van der Waals surface area contributed by atoms with E-state index >= 15 is 0 Å². The van der Waals surface area contributed by atoms with Gasteiger partial charge in [0.2, 0.25) is 0 Å². The predicted octanol–water partition coefficient (Wildman–Crippen LogP) is 3.00. The number of likely N-dealkylation sites (tertiary alicyclic amines) is 1. The van der Waals surface area contributed by atoms with Crippen molar-refractivity contribution in [2.75, 3.05) is 18.4 Å². The molecule has 1 atom stereocenters. The molecule has 0 aromatic heterocycles. The van der Waals surface area contributed by atoms with Gasteiger partial charge in [-0.25, -0.2) is 13.2 Å². The van der Waals surface area contributed by atoms with Crippen LogP contribution in [0.2, 0.25) is 0 Å². The molecular formula is C13H17F3N2. The summed E-state index contributed by atoms with van der Waals surface area (Å²) in [4.78, 5) is 2.24. The fraction of sp³-hybridized carbons (Fsp3) is 0.538. The van der Waals surface area contributed by atoms with E-state index in [4.69, 9.17) is 0 Å². The van der Waals surface area contributed by atoms with Crippen LogP contribution in [0.15, 0.2) is 12.1 Å². The molecule has 1 N–H and O–H groups in total. The molecule has 0 bridgehead atoms. The highest BCUT2D eigenvalue weighted by atomic mass is 19.2. The number of benzene rings is 1. The minimum atomic E-state index is -1.16. The summed E-state index contributed by atoms with van der Waals surface area (Å²) < 4.78 is 39.6. The van der Waals surface area contributed by atoms with Gasteiger partial charge in [0.15, 0.2) is 11.6 Å². The molecule has 1 aromatic carbocycles. The molecule has 1 aromatic rings. The molecule has 1 heterocycles. The number of nitrogens with one attached hydrogen (secondary N) is 1. The molecule has 1 aliphatic rings. The van der Waals surface area contributed by atoms with E-state index in [2.05, 4.69) is 24.1 Å². The van der Waals surface area contributed by atoms with Gasteiger partial charge in [0.05, 0.1) is 5.69 Å². The van der Waals surface area contributed by atoms with Gasteiger partial charge in [-0.1, -0.05) is 0 Å². The van der Waals surface area contributed by atoms with Crippen molar-refractivity contribution in [3.05, 3.63) is 29.6 Å². The van der Waals surface area contributed by atoms with Crippen molar-refractivity contribution >= 4 is 5.69 Å². The van der Waals surface area contributed by atoms with Crippen molar-refractivity contribution in [3.8, 4) is 0 Å². The fourth-order valence-electron chi connectivity index (χ4n) is 2.26. The summed E-state index contributed by atoms with van der Waals surface area (Å²) in [5.74, 6) is -2.94. The topological polar surface area (TPSA) is 15.3 Å². The Morgan fingerprint density at radius 3 is 2.61 bits per heavy atom. The molecule has 1 fully saturated rings. The third kappa shape index (κ3) is 2.77. The molecule has 2 nitrogen and oxygen atoms in total. The minimum Gasteiger partial charge on any atom is -0.378 e. The van der Waals surface area contributed by atoms with Gasteiger partial charge in [0, 0.05) is 37.3 Å². The second-order valence-electron chi connectivity index (χ2n) is 4.97. The lowest BCUT2D eigenvalue weighted by molar-refractivity contribution is 0.274. The number of anilines is 1. The van der Waals surface area contributed by atoms with Gasteiger partial charge in [-0.2, -0.15) is 0 Å². The van der Waals surface area contributed by atoms with Gasteiger partial charge >= 0.3 is 0 Å². The Bertz CT molecular complexity index is 434. The molecule has 0 amide bonds. The highest BCUT2D eigenvalue weighted by Gasteiger charge is 2.25. The number of hydrogen-bond donors (Lipinski definition) is 1. The van der Waals surface area contributed by atoms with Gasteiger partial charge in [-0.05, 0) is 20.3 Å². The van der Waals surface area contributed by atoms with Crippen LogP contribution in [0.25, 0.3) is 0 Å². The summed E-state index contributed by atoms with van der Waals surface area (Å²) in [5, 5.41) is 2.88. The Labute approximate surface area is 105 Å². The largest absolute Gasteiger partial charge is 0.378 e. The zero-order valence-electron chi connectivity index (χ0n) is 10.5. The monoisotopic (exact) mass is 258 g/mol. The molecule has 1 unspecified atom stereocenters. The van der Waals surface area contributed by atoms with Gasteiger partial charge in [-0.3, -0.25) is 4.90 Å². The molecule has 18 heavy (non-hydrogen) atoms. The first-order chi connectivity index (χ1) is 8.47. The molecule has 5 heteroatoms. The first kappa shape index (κ1) is 13.2. The maximum Gasteiger partial charge on any atom is 0.182 e. The smallest absolute Gasteiger partial charge is 0.182 e. The first-order valence-electron chi connectivity index (χ1n) is 6.12. The van der Waals surface area contributed by atoms with Crippen molar-refractivity contribution < 1.29 is 13.2 Å². The number of rotatable bonds is 3. The van der Waals surface area contributed by atoms with Crippen LogP contribution in [0.5, 0.6) is 0 Å². The number of nitrogens with zero attached hydrogens (tertiary/aromatic N) is 1. The zero-order valence-corrected chi connectivity index (χ0v) is 10.5. The van der Waals surface area contributed by atoms with Gasteiger partial charge in [0.1, 0.15) is 5.82 Å². The molecule has 0 radical (unpaired) electrons. The van der Waals surface area contributed by atoms with Gasteiger partial charge in [-0.15, -0.1) is 0 Å². The SMILES string of the molecule is CC(C)N1CCC(Nc2cc(F)cc(F)c2F)C1. The molecule has 1 aliphatic heterocycles. The molecule has 100 valence electrons. The molecule has 2 rings (SSSR count). The highest BCUT2D eigenvalue weighted by molar-refractivity contribution is 5.46. The van der Waals surface area contributed by atoms with E-state index in [0.29, 0.717) is 12.1 Å². The maximum absolute atomic E-state index is 13.5. The summed E-state index contributed by atoms with van der Waals surface area (Å²) in [5.41, 5.74) is -0.0943. The number of hydrogen-bond acceptors (Lipinski definition) is 2. The molecule has 0 saturated carbocycles. The van der Waals surface area contributed by atoms with E-state index in [0.717, 1.165) is 25.6 Å². The Balaban J connectivity index is 2.07. The van der Waals surface area contributed by atoms with Crippen molar-refractivity contribution in [3.63, 3.8) is 0 Å². The van der Waals surface area contributed by atoms with E-state index in [-0.39, 0.29) is 11.7 Å². The normalized spacial score (nSPS) is 20.7. The minimum absolute atomic E-state index is 0.0306. The van der Waals surface area contributed by atoms with E-state index < -0.39 is 17.5 Å². The predicted molar refractivity (Wildman–Crippen MR) is 65.1 cm³/mol. The summed E-state index contributed by atoms with van der Waals surface area (Å²) in [6, 6.07) is 2.00. The van der Waals surface area contributed by atoms with Crippen LogP contribution in [0.3, 0.4) is 0 Å². The maximum atomic E-state index is 13.5. The van der Waals surface area contributed by atoms with Crippen LogP contribution in [-0.4, -0.2) is 30.1 Å². The highest BCUT2D eigenvalue weighted by Crippen LogP contribution is 2.23. The fourth-order valence-corrected chi connectivity index (χ4v) is 2.26. The first-order valence-corrected chi connectivity index (χ1v) is 6.12. The van der Waals surface area contributed by atoms with Crippen molar-refractivity contribution in [1.82, 2.24) is 4.90 Å². The second-order valence-corrected chi connectivity index (χ2v) is 4.97. The van der Waals surface area contributed by atoms with Crippen molar-refractivity contribution in [2.45, 2.75) is 32.4 Å². The van der Waals surface area contributed by atoms with Crippen molar-refractivity contribution in [1.29, 1.82) is 0 Å². The lowest BCUT2D eigenvalue weighted by atomic mass is 10.2. The quantitative estimate of drug-likeness (QED) is 0.838. The summed E-state index contributed by atoms with van der Waals surface area (Å²) in [6.07, 6.45) is 0.843. The number of halogens is 3. The third-order valence-corrected chi connectivity index (χ3v) is 3.30. The Morgan fingerprint density at radius 1 is 1.28 bits per heavy atom. The summed E-state index contributed by atoms with van der Waals surface area (Å²) >= 11 is 0. The summed E-state index contributed by atoms with van der Waals surface area (Å²) in [6.45, 7) is 5.85. The average molecular weight is 258 g/mol. The Kier molecular flexibility index (Phi) is 3.80. The lowest BCUT2D eigenvalue weighted by Gasteiger charge is -2.21. The van der Waals surface area contributed by atoms with Gasteiger partial charge < -0.3 is 5.32 Å². The van der Waals surface area contributed by atoms with Crippen LogP contribution in [0.1, 0.15) is 20.3 Å². The average Bonchev–Trinajstić information content (AvgIpc) is 2.74. The van der Waals surface area contributed by atoms with Crippen LogP contribution in [0, 0.1) is 17.5 Å². The van der Waals surface area contributed by atoms with Crippen LogP contribution in [0.4, 0.5) is 18.9 Å². The molecule has 0 aliphatic carbocycles. The van der Waals surface area contributed by atoms with Crippen LogP contribution >= 0.6 is 0 Å². The second kappa shape index (κ2) is 5.18. The van der Waals surface area contributed by atoms with Crippen LogP contribution < -0.4 is 5.32 Å². The lowest BCUT2D eigenvalue weighted by Crippen LogP contribution is -2.31. The summed E-state index contributed by atoms with van der Waals surface area (Å²) in [7, 11) is 0. The van der Waals surface area contributed by atoms with Crippen LogP contribution in [-0.2, 0) is 0 Å². The third-order valence-electron chi connectivity index (χ3n) is 3.30. The molecular weight excluding hydrogens is 241 g/mol. The van der Waals surface area contributed by atoms with E-state index in [1.165, 1.54) is 0 Å². The van der Waals surface area contributed by atoms with Gasteiger partial charge in [0.25, 0.3) is 0 Å². The molecule has 0 spiro atoms. The Hall–Kier alpha value is -1.23. The Morgan fingerprint density at radius 2 is 2.00 bits per heavy atom. The van der Waals surface area contributed by atoms with E-state index in [1.807, 2.05) is 0 Å². The van der Waals surface area contributed by atoms with E-state index in [1.54, 1.807) is 0 Å².